The summed E-state index contributed by atoms with van der Waals surface area (Å²) in [6.45, 7) is 10.8. The molecule has 152 valence electrons. The van der Waals surface area contributed by atoms with Crippen molar-refractivity contribution in [1.82, 2.24) is 9.78 Å². The zero-order valence-corrected chi connectivity index (χ0v) is 18.2. The van der Waals surface area contributed by atoms with Crippen molar-refractivity contribution in [3.63, 3.8) is 0 Å². The molecule has 1 amide bonds. The van der Waals surface area contributed by atoms with Crippen molar-refractivity contribution < 1.29 is 23.8 Å². The Bertz CT molecular complexity index is 683. The molecule has 0 unspecified atom stereocenters. The summed E-state index contributed by atoms with van der Waals surface area (Å²) in [5.41, 5.74) is -0.433. The average Bonchev–Trinajstić information content (AvgIpc) is 3.06. The predicted molar refractivity (Wildman–Crippen MR) is 104 cm³/mol. The highest BCUT2D eigenvalue weighted by atomic mass is 79.9. The van der Waals surface area contributed by atoms with Gasteiger partial charge in [-0.25, -0.2) is 14.3 Å². The Kier molecular flexibility index (Phi) is 7.27. The van der Waals surface area contributed by atoms with Crippen LogP contribution >= 0.6 is 15.9 Å². The van der Waals surface area contributed by atoms with Crippen molar-refractivity contribution in [3.05, 3.63) is 10.2 Å². The molecule has 0 saturated carbocycles. The number of unbranched alkanes of at least 4 members (excludes halogenated alkanes) is 1. The van der Waals surface area contributed by atoms with E-state index in [-0.39, 0.29) is 18.2 Å². The predicted octanol–water partition coefficient (Wildman–Crippen LogP) is 3.94. The number of rotatable bonds is 7. The van der Waals surface area contributed by atoms with Crippen LogP contribution < -0.4 is 4.90 Å². The highest BCUT2D eigenvalue weighted by Crippen LogP contribution is 2.37. The van der Waals surface area contributed by atoms with E-state index in [1.807, 2.05) is 0 Å². The van der Waals surface area contributed by atoms with E-state index in [9.17, 15) is 9.59 Å². The molecule has 1 aromatic rings. The lowest BCUT2D eigenvalue weighted by Gasteiger charge is -2.24. The van der Waals surface area contributed by atoms with Crippen molar-refractivity contribution in [1.29, 1.82) is 0 Å². The molecule has 0 aromatic carbocycles. The van der Waals surface area contributed by atoms with Crippen LogP contribution in [0.5, 0.6) is 0 Å². The second kappa shape index (κ2) is 9.05. The number of aromatic nitrogens is 2. The van der Waals surface area contributed by atoms with Crippen LogP contribution in [0.4, 0.5) is 10.6 Å². The van der Waals surface area contributed by atoms with Gasteiger partial charge >= 0.3 is 12.1 Å². The number of amides is 1. The van der Waals surface area contributed by atoms with Gasteiger partial charge in [-0.2, -0.15) is 5.10 Å². The number of hydrogen-bond acceptors (Lipinski definition) is 6. The van der Waals surface area contributed by atoms with Gasteiger partial charge in [0.05, 0.1) is 25.8 Å². The molecule has 1 aliphatic rings. The highest BCUT2D eigenvalue weighted by Gasteiger charge is 2.41. The molecule has 0 spiro atoms. The van der Waals surface area contributed by atoms with Crippen molar-refractivity contribution in [2.24, 2.45) is 0 Å². The molecule has 0 radical (unpaired) electrons. The number of nitrogens with zero attached hydrogens (tertiary/aromatic N) is 3. The first kappa shape index (κ1) is 21.7. The van der Waals surface area contributed by atoms with Gasteiger partial charge in [-0.1, -0.05) is 13.3 Å². The Morgan fingerprint density at radius 2 is 2.00 bits per heavy atom. The standard InChI is InChI=1S/C18H28BrN3O5/c1-6-8-9-25-11-12-10-21(17(24)27-18(3,4)5)15-13(16(23)26-7-2)14(19)20-22(12)15/h12H,6-11H2,1-5H3/t12-/m0/s1. The fraction of sp³-hybridized carbons (Fsp3) is 0.722. The number of carbonyl (C=O) groups is 2. The summed E-state index contributed by atoms with van der Waals surface area (Å²) in [4.78, 5) is 26.6. The lowest BCUT2D eigenvalue weighted by Crippen LogP contribution is -2.37. The van der Waals surface area contributed by atoms with E-state index in [2.05, 4.69) is 28.0 Å². The first-order chi connectivity index (χ1) is 12.7. The molecule has 1 atom stereocenters. The molecular formula is C18H28BrN3O5. The van der Waals surface area contributed by atoms with Crippen molar-refractivity contribution >= 4 is 33.8 Å². The number of anilines is 1. The number of ether oxygens (including phenoxy) is 3. The second-order valence-corrected chi connectivity index (χ2v) is 8.08. The van der Waals surface area contributed by atoms with Crippen LogP contribution in [0.15, 0.2) is 4.60 Å². The normalized spacial score (nSPS) is 16.4. The fourth-order valence-corrected chi connectivity index (χ4v) is 3.24. The largest absolute Gasteiger partial charge is 0.462 e. The number of esters is 1. The van der Waals surface area contributed by atoms with E-state index in [0.717, 1.165) is 12.8 Å². The molecule has 8 nitrogen and oxygen atoms in total. The smallest absolute Gasteiger partial charge is 0.416 e. The van der Waals surface area contributed by atoms with Gasteiger partial charge < -0.3 is 14.2 Å². The minimum atomic E-state index is -0.654. The Morgan fingerprint density at radius 1 is 1.30 bits per heavy atom. The number of halogens is 1. The Hall–Kier alpha value is -1.61. The van der Waals surface area contributed by atoms with Gasteiger partial charge in [0.15, 0.2) is 5.82 Å². The van der Waals surface area contributed by atoms with Gasteiger partial charge in [0.25, 0.3) is 0 Å². The molecule has 1 aromatic heterocycles. The van der Waals surface area contributed by atoms with Gasteiger partial charge in [-0.3, -0.25) is 4.90 Å². The van der Waals surface area contributed by atoms with E-state index in [4.69, 9.17) is 14.2 Å². The summed E-state index contributed by atoms with van der Waals surface area (Å²) in [5, 5.41) is 4.41. The third-order valence-corrected chi connectivity index (χ3v) is 4.44. The van der Waals surface area contributed by atoms with Crippen LogP contribution in [-0.2, 0) is 14.2 Å². The highest BCUT2D eigenvalue weighted by molar-refractivity contribution is 9.10. The second-order valence-electron chi connectivity index (χ2n) is 7.33. The summed E-state index contributed by atoms with van der Waals surface area (Å²) in [6, 6.07) is -0.205. The Labute approximate surface area is 168 Å². The summed E-state index contributed by atoms with van der Waals surface area (Å²) < 4.78 is 18.4. The van der Waals surface area contributed by atoms with Gasteiger partial charge in [0, 0.05) is 6.61 Å². The quantitative estimate of drug-likeness (QED) is 0.466. The van der Waals surface area contributed by atoms with Crippen LogP contribution in [0.1, 0.15) is 63.9 Å². The maximum Gasteiger partial charge on any atom is 0.416 e. The van der Waals surface area contributed by atoms with Crippen LogP contribution in [0.3, 0.4) is 0 Å². The van der Waals surface area contributed by atoms with Gasteiger partial charge in [-0.15, -0.1) is 0 Å². The van der Waals surface area contributed by atoms with Gasteiger partial charge in [0.1, 0.15) is 15.8 Å². The lowest BCUT2D eigenvalue weighted by molar-refractivity contribution is 0.0526. The molecule has 0 bridgehead atoms. The third-order valence-electron chi connectivity index (χ3n) is 3.88. The molecule has 0 fully saturated rings. The van der Waals surface area contributed by atoms with Gasteiger partial charge in [0.2, 0.25) is 0 Å². The van der Waals surface area contributed by atoms with E-state index in [1.54, 1.807) is 32.4 Å². The molecule has 9 heteroatoms. The van der Waals surface area contributed by atoms with Crippen molar-refractivity contribution in [3.8, 4) is 0 Å². The van der Waals surface area contributed by atoms with Crippen molar-refractivity contribution in [2.45, 2.75) is 59.1 Å². The summed E-state index contributed by atoms with van der Waals surface area (Å²) >= 11 is 3.32. The molecule has 1 aliphatic heterocycles. The fourth-order valence-electron chi connectivity index (χ4n) is 2.73. The number of carbonyl (C=O) groups excluding carboxylic acids is 2. The van der Waals surface area contributed by atoms with E-state index >= 15 is 0 Å². The molecule has 2 heterocycles. The minimum Gasteiger partial charge on any atom is -0.462 e. The number of fused-ring (bicyclic) bond motifs is 1. The maximum absolute atomic E-state index is 12.7. The summed E-state index contributed by atoms with van der Waals surface area (Å²) in [7, 11) is 0. The lowest BCUT2D eigenvalue weighted by atomic mass is 10.2. The van der Waals surface area contributed by atoms with Crippen LogP contribution in [0, 0.1) is 0 Å². The summed E-state index contributed by atoms with van der Waals surface area (Å²) in [6.07, 6.45) is 1.48. The minimum absolute atomic E-state index is 0.205. The SMILES string of the molecule is CCCCOC[C@@H]1CN(C(=O)OC(C)(C)C)c2c(C(=O)OCC)c(Br)nn21. The van der Waals surface area contributed by atoms with Crippen LogP contribution in [-0.4, -0.2) is 53.8 Å². The first-order valence-electron chi connectivity index (χ1n) is 9.23. The zero-order chi connectivity index (χ0) is 20.2. The van der Waals surface area contributed by atoms with E-state index < -0.39 is 17.7 Å². The zero-order valence-electron chi connectivity index (χ0n) is 16.6. The maximum atomic E-state index is 12.7. The number of hydrogen-bond donors (Lipinski definition) is 0. The topological polar surface area (TPSA) is 82.9 Å². The summed E-state index contributed by atoms with van der Waals surface area (Å²) in [5.74, 6) is -0.162. The van der Waals surface area contributed by atoms with Crippen LogP contribution in [0.25, 0.3) is 0 Å². The molecule has 2 rings (SSSR count). The third kappa shape index (κ3) is 5.22. The first-order valence-corrected chi connectivity index (χ1v) is 10.0. The van der Waals surface area contributed by atoms with Crippen LogP contribution in [0.2, 0.25) is 0 Å². The molecule has 0 aliphatic carbocycles. The Morgan fingerprint density at radius 3 is 2.59 bits per heavy atom. The van der Waals surface area contributed by atoms with Gasteiger partial charge in [-0.05, 0) is 50.0 Å². The monoisotopic (exact) mass is 445 g/mol. The van der Waals surface area contributed by atoms with E-state index in [0.29, 0.717) is 30.2 Å². The molecule has 0 saturated heterocycles. The van der Waals surface area contributed by atoms with Crippen molar-refractivity contribution in [2.75, 3.05) is 31.3 Å². The Balaban J connectivity index is 2.33. The molecular weight excluding hydrogens is 418 g/mol. The average molecular weight is 446 g/mol. The molecule has 27 heavy (non-hydrogen) atoms. The van der Waals surface area contributed by atoms with E-state index in [1.165, 1.54) is 4.90 Å². The molecule has 0 N–H and O–H groups in total.